The molecule has 0 spiro atoms. The number of hydrogen-bond acceptors (Lipinski definition) is 3. The standard InChI is InChI=1S/C10H15BO2S/c1-8-4-9(14-5-8)11-12-6-10(2,3)7-13-11/h4-5H,6-7H2,1-3H3. The Hall–Kier alpha value is -0.315. The SMILES string of the molecule is Cc1csc(B2OCC(C)(C)CO2)c1. The molecular weight excluding hydrogens is 195 g/mol. The molecule has 1 fully saturated rings. The van der Waals surface area contributed by atoms with Crippen molar-refractivity contribution in [1.82, 2.24) is 0 Å². The van der Waals surface area contributed by atoms with Gasteiger partial charge >= 0.3 is 7.12 Å². The van der Waals surface area contributed by atoms with Crippen LogP contribution in [-0.4, -0.2) is 20.3 Å². The highest BCUT2D eigenvalue weighted by atomic mass is 32.1. The van der Waals surface area contributed by atoms with Gasteiger partial charge in [-0.1, -0.05) is 13.8 Å². The van der Waals surface area contributed by atoms with Crippen LogP contribution < -0.4 is 4.78 Å². The molecule has 1 aliphatic heterocycles. The molecule has 2 rings (SSSR count). The van der Waals surface area contributed by atoms with E-state index in [1.807, 2.05) is 0 Å². The molecule has 0 aromatic carbocycles. The maximum absolute atomic E-state index is 5.68. The van der Waals surface area contributed by atoms with E-state index in [9.17, 15) is 0 Å². The highest BCUT2D eigenvalue weighted by Gasteiger charge is 2.34. The van der Waals surface area contributed by atoms with Crippen molar-refractivity contribution in [1.29, 1.82) is 0 Å². The molecule has 1 saturated heterocycles. The topological polar surface area (TPSA) is 18.5 Å². The molecule has 0 radical (unpaired) electrons. The summed E-state index contributed by atoms with van der Waals surface area (Å²) in [4.78, 5) is 0. The molecule has 2 heterocycles. The van der Waals surface area contributed by atoms with Gasteiger partial charge in [0.2, 0.25) is 0 Å². The summed E-state index contributed by atoms with van der Waals surface area (Å²) >= 11 is 1.71. The molecule has 2 nitrogen and oxygen atoms in total. The van der Waals surface area contributed by atoms with E-state index < -0.39 is 0 Å². The zero-order valence-electron chi connectivity index (χ0n) is 8.87. The Kier molecular flexibility index (Phi) is 2.69. The Morgan fingerprint density at radius 1 is 1.36 bits per heavy atom. The van der Waals surface area contributed by atoms with Crippen LogP contribution in [0.25, 0.3) is 0 Å². The Balaban J connectivity index is 2.02. The van der Waals surface area contributed by atoms with E-state index in [0.29, 0.717) is 0 Å². The molecule has 0 amide bonds. The van der Waals surface area contributed by atoms with Gasteiger partial charge in [0.15, 0.2) is 0 Å². The van der Waals surface area contributed by atoms with Gasteiger partial charge in [0, 0.05) is 23.4 Å². The Morgan fingerprint density at radius 3 is 2.50 bits per heavy atom. The number of rotatable bonds is 1. The van der Waals surface area contributed by atoms with Crippen molar-refractivity contribution in [3.63, 3.8) is 0 Å². The van der Waals surface area contributed by atoms with Gasteiger partial charge in [-0.15, -0.1) is 0 Å². The van der Waals surface area contributed by atoms with E-state index in [1.54, 1.807) is 11.3 Å². The lowest BCUT2D eigenvalue weighted by atomic mass is 9.82. The Morgan fingerprint density at radius 2 is 2.00 bits per heavy atom. The van der Waals surface area contributed by atoms with Crippen molar-refractivity contribution in [2.75, 3.05) is 13.2 Å². The largest absolute Gasteiger partial charge is 0.504 e. The van der Waals surface area contributed by atoms with Gasteiger partial charge in [0.05, 0.1) is 0 Å². The van der Waals surface area contributed by atoms with Crippen LogP contribution in [0.5, 0.6) is 0 Å². The molecule has 14 heavy (non-hydrogen) atoms. The fourth-order valence-corrected chi connectivity index (χ4v) is 2.32. The van der Waals surface area contributed by atoms with Gasteiger partial charge in [-0.05, 0) is 23.9 Å². The average Bonchev–Trinajstić information content (AvgIpc) is 2.52. The maximum Gasteiger partial charge on any atom is 0.504 e. The molecule has 0 N–H and O–H groups in total. The molecule has 0 aliphatic carbocycles. The lowest BCUT2D eigenvalue weighted by Crippen LogP contribution is -2.46. The molecule has 1 aliphatic rings. The van der Waals surface area contributed by atoms with Gasteiger partial charge in [-0.2, -0.15) is 11.3 Å². The summed E-state index contributed by atoms with van der Waals surface area (Å²) < 4.78 is 12.5. The summed E-state index contributed by atoms with van der Waals surface area (Å²) in [5.74, 6) is 0. The highest BCUT2D eigenvalue weighted by Crippen LogP contribution is 2.22. The fraction of sp³-hybridized carbons (Fsp3) is 0.600. The zero-order chi connectivity index (χ0) is 10.2. The molecule has 1 aromatic rings. The lowest BCUT2D eigenvalue weighted by Gasteiger charge is -2.32. The second kappa shape index (κ2) is 3.68. The van der Waals surface area contributed by atoms with Crippen molar-refractivity contribution in [3.8, 4) is 0 Å². The van der Waals surface area contributed by atoms with E-state index in [1.165, 1.54) is 10.3 Å². The van der Waals surface area contributed by atoms with Crippen LogP contribution in [0, 0.1) is 12.3 Å². The predicted octanol–water partition coefficient (Wildman–Crippen LogP) is 1.82. The lowest BCUT2D eigenvalue weighted by molar-refractivity contribution is 0.0346. The third-order valence-corrected chi connectivity index (χ3v) is 3.31. The van der Waals surface area contributed by atoms with Crippen LogP contribution in [0.1, 0.15) is 19.4 Å². The minimum absolute atomic E-state index is 0.137. The van der Waals surface area contributed by atoms with Gasteiger partial charge in [0.25, 0.3) is 0 Å². The van der Waals surface area contributed by atoms with E-state index >= 15 is 0 Å². The third kappa shape index (κ3) is 2.19. The summed E-state index contributed by atoms with van der Waals surface area (Å²) in [6.45, 7) is 7.95. The summed E-state index contributed by atoms with van der Waals surface area (Å²) in [6, 6.07) is 2.13. The van der Waals surface area contributed by atoms with Crippen LogP contribution in [0.15, 0.2) is 11.4 Å². The van der Waals surface area contributed by atoms with Crippen LogP contribution >= 0.6 is 11.3 Å². The quantitative estimate of drug-likeness (QED) is 0.658. The molecule has 1 aromatic heterocycles. The first-order chi connectivity index (χ1) is 6.57. The fourth-order valence-electron chi connectivity index (χ4n) is 1.43. The minimum Gasteiger partial charge on any atom is -0.406 e. The number of hydrogen-bond donors (Lipinski definition) is 0. The van der Waals surface area contributed by atoms with E-state index in [-0.39, 0.29) is 12.5 Å². The smallest absolute Gasteiger partial charge is 0.406 e. The molecule has 0 atom stereocenters. The molecule has 76 valence electrons. The van der Waals surface area contributed by atoms with Crippen LogP contribution in [0.2, 0.25) is 0 Å². The molecular formula is C10H15BO2S. The Labute approximate surface area is 89.4 Å². The first kappa shape index (κ1) is 10.2. The number of thiophene rings is 1. The van der Waals surface area contributed by atoms with E-state index in [4.69, 9.17) is 9.31 Å². The van der Waals surface area contributed by atoms with E-state index in [0.717, 1.165) is 13.2 Å². The monoisotopic (exact) mass is 210 g/mol. The van der Waals surface area contributed by atoms with Crippen molar-refractivity contribution < 1.29 is 9.31 Å². The summed E-state index contributed by atoms with van der Waals surface area (Å²) in [5.41, 5.74) is 1.44. The van der Waals surface area contributed by atoms with Gasteiger partial charge in [-0.25, -0.2) is 0 Å². The Bertz CT molecular complexity index is 312. The molecule has 0 unspecified atom stereocenters. The van der Waals surface area contributed by atoms with Gasteiger partial charge in [0.1, 0.15) is 0 Å². The zero-order valence-corrected chi connectivity index (χ0v) is 9.69. The van der Waals surface area contributed by atoms with Crippen molar-refractivity contribution >= 4 is 23.2 Å². The van der Waals surface area contributed by atoms with Crippen molar-refractivity contribution in [3.05, 3.63) is 17.0 Å². The van der Waals surface area contributed by atoms with Crippen LogP contribution in [0.4, 0.5) is 0 Å². The first-order valence-corrected chi connectivity index (χ1v) is 5.73. The number of aryl methyl sites for hydroxylation is 1. The van der Waals surface area contributed by atoms with Crippen LogP contribution in [-0.2, 0) is 9.31 Å². The molecule has 0 bridgehead atoms. The van der Waals surface area contributed by atoms with Gasteiger partial charge < -0.3 is 9.31 Å². The van der Waals surface area contributed by atoms with Crippen LogP contribution in [0.3, 0.4) is 0 Å². The maximum atomic E-state index is 5.68. The second-order valence-corrected chi connectivity index (χ2v) is 5.59. The molecule has 4 heteroatoms. The normalized spacial score (nSPS) is 21.2. The van der Waals surface area contributed by atoms with Gasteiger partial charge in [-0.3, -0.25) is 0 Å². The summed E-state index contributed by atoms with van der Waals surface area (Å²) in [7, 11) is -0.137. The summed E-state index contributed by atoms with van der Waals surface area (Å²) in [6.07, 6.45) is 0. The minimum atomic E-state index is -0.137. The van der Waals surface area contributed by atoms with Crippen molar-refractivity contribution in [2.45, 2.75) is 20.8 Å². The van der Waals surface area contributed by atoms with E-state index in [2.05, 4.69) is 32.2 Å². The third-order valence-electron chi connectivity index (χ3n) is 2.23. The molecule has 0 saturated carbocycles. The first-order valence-electron chi connectivity index (χ1n) is 4.85. The second-order valence-electron chi connectivity index (χ2n) is 4.64. The predicted molar refractivity (Wildman–Crippen MR) is 60.1 cm³/mol. The highest BCUT2D eigenvalue weighted by molar-refractivity contribution is 7.20. The van der Waals surface area contributed by atoms with Crippen molar-refractivity contribution in [2.24, 2.45) is 5.41 Å². The summed E-state index contributed by atoms with van der Waals surface area (Å²) in [5, 5.41) is 2.13. The average molecular weight is 210 g/mol.